The molecule has 4 aromatic rings. The van der Waals surface area contributed by atoms with Crippen LogP contribution in [0.15, 0.2) is 71.9 Å². The standard InChI is InChI=1S/C44H52ClN3O9S/c1-28-23-47(25-37(28)43(49)50)15-9-17-55-40-14-8-12-36(30(40)3)35-11-7-10-32(29(35)2)27-57-42-20-41(56-26-31-18-34(22-46-21-31)58(4,53)54)33(19-38(42)45)24-48-16-6-5-13-39(48)44(51)52/h7-8,10-12,14,18-22,28,37,39H,5-6,9,13,15-17,23-27H2,1-4H3,(H,49,50)(H,51,52)/t28?,37?,39-/m0/s1. The van der Waals surface area contributed by atoms with Crippen LogP contribution in [0.5, 0.6) is 17.2 Å². The van der Waals surface area contributed by atoms with Gasteiger partial charge in [0.2, 0.25) is 0 Å². The summed E-state index contributed by atoms with van der Waals surface area (Å²) in [7, 11) is -3.48. The molecule has 0 saturated carbocycles. The lowest BCUT2D eigenvalue weighted by Crippen LogP contribution is -2.44. The summed E-state index contributed by atoms with van der Waals surface area (Å²) in [5, 5.41) is 19.7. The molecule has 12 nitrogen and oxygen atoms in total. The Morgan fingerprint density at radius 2 is 1.60 bits per heavy atom. The summed E-state index contributed by atoms with van der Waals surface area (Å²) in [6.07, 6.45) is 7.02. The van der Waals surface area contributed by atoms with Gasteiger partial charge in [-0.2, -0.15) is 0 Å². The number of sulfone groups is 1. The van der Waals surface area contributed by atoms with E-state index in [0.717, 1.165) is 72.2 Å². The maximum absolute atomic E-state index is 12.2. The van der Waals surface area contributed by atoms with Crippen LogP contribution in [0.25, 0.3) is 11.1 Å². The van der Waals surface area contributed by atoms with Crippen molar-refractivity contribution < 1.29 is 42.4 Å². The van der Waals surface area contributed by atoms with Gasteiger partial charge in [-0.1, -0.05) is 55.3 Å². The van der Waals surface area contributed by atoms with Gasteiger partial charge in [0.15, 0.2) is 9.84 Å². The number of piperidine rings is 1. The first kappa shape index (κ1) is 42.9. The van der Waals surface area contributed by atoms with Crippen molar-refractivity contribution in [2.75, 3.05) is 39.0 Å². The lowest BCUT2D eigenvalue weighted by Gasteiger charge is -2.33. The SMILES string of the molecule is Cc1c(COc2cc(OCc3cncc(S(C)(=O)=O)c3)c(CN3CCCC[C@H]3C(=O)O)cc2Cl)cccc1-c1cccc(OCCCN2CC(C)C(C(=O)O)C2)c1C. The smallest absolute Gasteiger partial charge is 0.320 e. The molecule has 14 heteroatoms. The van der Waals surface area contributed by atoms with E-state index >= 15 is 0 Å². The predicted molar refractivity (Wildman–Crippen MR) is 221 cm³/mol. The summed E-state index contributed by atoms with van der Waals surface area (Å²) >= 11 is 6.86. The van der Waals surface area contributed by atoms with Gasteiger partial charge in [0, 0.05) is 62.0 Å². The number of benzene rings is 3. The molecule has 2 aliphatic heterocycles. The van der Waals surface area contributed by atoms with E-state index in [0.29, 0.717) is 60.3 Å². The number of carboxylic acids is 2. The number of hydrogen-bond acceptors (Lipinski definition) is 10. The Bertz CT molecular complexity index is 2230. The van der Waals surface area contributed by atoms with Crippen LogP contribution in [0.3, 0.4) is 0 Å². The number of carbonyl (C=O) groups is 2. The Morgan fingerprint density at radius 1 is 0.862 bits per heavy atom. The van der Waals surface area contributed by atoms with Gasteiger partial charge in [0.05, 0.1) is 22.4 Å². The Hall–Kier alpha value is -4.69. The summed E-state index contributed by atoms with van der Waals surface area (Å²) in [6, 6.07) is 16.5. The van der Waals surface area contributed by atoms with Gasteiger partial charge < -0.3 is 29.3 Å². The number of ether oxygens (including phenoxy) is 3. The third-order valence-electron chi connectivity index (χ3n) is 11.3. The predicted octanol–water partition coefficient (Wildman–Crippen LogP) is 7.44. The maximum atomic E-state index is 12.2. The molecule has 310 valence electrons. The van der Waals surface area contributed by atoms with Gasteiger partial charge in [0.25, 0.3) is 0 Å². The Balaban J connectivity index is 1.17. The number of halogens is 1. The zero-order chi connectivity index (χ0) is 41.6. The number of carboxylic acid groups (broad SMARTS) is 2. The number of aromatic nitrogens is 1. The molecular weight excluding hydrogens is 782 g/mol. The lowest BCUT2D eigenvalue weighted by atomic mass is 9.93. The second kappa shape index (κ2) is 18.9. The molecule has 2 N–H and O–H groups in total. The van der Waals surface area contributed by atoms with Crippen molar-refractivity contribution in [2.45, 2.75) is 77.2 Å². The summed E-state index contributed by atoms with van der Waals surface area (Å²) in [5.41, 5.74) is 6.32. The highest BCUT2D eigenvalue weighted by Crippen LogP contribution is 2.37. The van der Waals surface area contributed by atoms with Crippen LogP contribution in [-0.4, -0.2) is 90.4 Å². The van der Waals surface area contributed by atoms with E-state index in [2.05, 4.69) is 28.9 Å². The van der Waals surface area contributed by atoms with Crippen molar-refractivity contribution in [3.05, 3.63) is 99.8 Å². The second-order valence-corrected chi connectivity index (χ2v) is 17.9. The van der Waals surface area contributed by atoms with Crippen molar-refractivity contribution in [3.63, 3.8) is 0 Å². The van der Waals surface area contributed by atoms with Crippen molar-refractivity contribution in [1.29, 1.82) is 0 Å². The van der Waals surface area contributed by atoms with Crippen LogP contribution in [0.2, 0.25) is 5.02 Å². The number of hydrogen-bond donors (Lipinski definition) is 2. The molecule has 0 radical (unpaired) electrons. The topological polar surface area (TPSA) is 156 Å². The molecule has 2 saturated heterocycles. The second-order valence-electron chi connectivity index (χ2n) is 15.5. The Kier molecular flexibility index (Phi) is 14.0. The molecule has 58 heavy (non-hydrogen) atoms. The third kappa shape index (κ3) is 10.5. The normalized spacial score (nSPS) is 18.9. The highest BCUT2D eigenvalue weighted by atomic mass is 35.5. The van der Waals surface area contributed by atoms with Gasteiger partial charge in [-0.25, -0.2) is 8.42 Å². The summed E-state index contributed by atoms with van der Waals surface area (Å²) < 4.78 is 43.3. The fraction of sp³-hybridized carbons (Fsp3) is 0.432. The Morgan fingerprint density at radius 3 is 2.33 bits per heavy atom. The molecule has 3 aromatic carbocycles. The molecule has 1 aromatic heterocycles. The van der Waals surface area contributed by atoms with Gasteiger partial charge >= 0.3 is 11.9 Å². The highest BCUT2D eigenvalue weighted by molar-refractivity contribution is 7.90. The maximum Gasteiger partial charge on any atom is 0.320 e. The molecule has 3 heterocycles. The molecule has 0 aliphatic carbocycles. The van der Waals surface area contributed by atoms with Gasteiger partial charge in [-0.3, -0.25) is 19.5 Å². The minimum Gasteiger partial charge on any atom is -0.493 e. The molecular formula is C44H52ClN3O9S. The highest BCUT2D eigenvalue weighted by Gasteiger charge is 2.34. The molecule has 0 bridgehead atoms. The minimum absolute atomic E-state index is 0.0149. The molecule has 2 aliphatic rings. The van der Waals surface area contributed by atoms with E-state index in [4.69, 9.17) is 25.8 Å². The zero-order valence-electron chi connectivity index (χ0n) is 33.4. The zero-order valence-corrected chi connectivity index (χ0v) is 35.0. The van der Waals surface area contributed by atoms with Crippen LogP contribution in [0, 0.1) is 25.7 Å². The van der Waals surface area contributed by atoms with Crippen LogP contribution >= 0.6 is 11.6 Å². The van der Waals surface area contributed by atoms with Crippen molar-refractivity contribution in [2.24, 2.45) is 11.8 Å². The third-order valence-corrected chi connectivity index (χ3v) is 12.6. The van der Waals surface area contributed by atoms with E-state index < -0.39 is 27.8 Å². The van der Waals surface area contributed by atoms with Crippen molar-refractivity contribution in [3.8, 4) is 28.4 Å². The monoisotopic (exact) mass is 833 g/mol. The van der Waals surface area contributed by atoms with Gasteiger partial charge in [-0.15, -0.1) is 0 Å². The number of nitrogens with zero attached hydrogens (tertiary/aromatic N) is 3. The first-order chi connectivity index (χ1) is 27.7. The van der Waals surface area contributed by atoms with Crippen LogP contribution in [0.1, 0.15) is 60.4 Å². The first-order valence-corrected chi connectivity index (χ1v) is 21.9. The molecule has 0 spiro atoms. The van der Waals surface area contributed by atoms with E-state index in [1.54, 1.807) is 18.3 Å². The van der Waals surface area contributed by atoms with Gasteiger partial charge in [-0.05, 0) is 91.6 Å². The van der Waals surface area contributed by atoms with E-state index in [-0.39, 0.29) is 29.9 Å². The van der Waals surface area contributed by atoms with Crippen molar-refractivity contribution in [1.82, 2.24) is 14.8 Å². The summed E-state index contributed by atoms with van der Waals surface area (Å²) in [6.45, 7) is 9.90. The van der Waals surface area contributed by atoms with E-state index in [1.165, 1.54) is 12.3 Å². The van der Waals surface area contributed by atoms with Crippen LogP contribution in [-0.2, 0) is 39.2 Å². The largest absolute Gasteiger partial charge is 0.493 e. The fourth-order valence-corrected chi connectivity index (χ4v) is 8.78. The number of aliphatic carboxylic acids is 2. The van der Waals surface area contributed by atoms with Crippen LogP contribution in [0.4, 0.5) is 0 Å². The number of rotatable bonds is 17. The molecule has 0 amide bonds. The quantitative estimate of drug-likeness (QED) is 0.102. The first-order valence-electron chi connectivity index (χ1n) is 19.6. The Labute approximate surface area is 345 Å². The number of pyridine rings is 1. The molecule has 2 fully saturated rings. The van der Waals surface area contributed by atoms with E-state index in [1.807, 2.05) is 43.0 Å². The molecule has 2 unspecified atom stereocenters. The summed E-state index contributed by atoms with van der Waals surface area (Å²) in [5.74, 6) is -0.152. The van der Waals surface area contributed by atoms with E-state index in [9.17, 15) is 28.2 Å². The van der Waals surface area contributed by atoms with Gasteiger partial charge in [0.1, 0.15) is 36.5 Å². The lowest BCUT2D eigenvalue weighted by molar-refractivity contribution is -0.145. The fourth-order valence-electron chi connectivity index (χ4n) is 7.92. The summed E-state index contributed by atoms with van der Waals surface area (Å²) in [4.78, 5) is 31.9. The van der Waals surface area contributed by atoms with Crippen LogP contribution < -0.4 is 14.2 Å². The average Bonchev–Trinajstić information content (AvgIpc) is 3.57. The minimum atomic E-state index is -3.48. The average molecular weight is 834 g/mol. The van der Waals surface area contributed by atoms with Crippen molar-refractivity contribution >= 4 is 33.4 Å². The molecule has 6 rings (SSSR count). The molecule has 3 atom stereocenters. The number of likely N-dealkylation sites (tertiary alicyclic amines) is 2.